The number of carbonyl (C=O) groups is 1. The number of benzene rings is 2. The first-order valence-corrected chi connectivity index (χ1v) is 8.28. The third-order valence-corrected chi connectivity index (χ3v) is 4.68. The SMILES string of the molecule is CC1(CC(=O)N/N=C\c2ccc3c4c(cccc24)CC3)OCCO1. The number of carbonyl (C=O) groups excluding carboxylic acids is 1. The lowest BCUT2D eigenvalue weighted by Gasteiger charge is -2.20. The molecule has 0 aromatic heterocycles. The third-order valence-electron chi connectivity index (χ3n) is 4.68. The molecule has 1 heterocycles. The van der Waals surface area contributed by atoms with Crippen molar-refractivity contribution in [2.75, 3.05) is 13.2 Å². The lowest BCUT2D eigenvalue weighted by Crippen LogP contribution is -2.33. The van der Waals surface area contributed by atoms with Crippen LogP contribution in [0.3, 0.4) is 0 Å². The summed E-state index contributed by atoms with van der Waals surface area (Å²) in [7, 11) is 0. The molecule has 2 aromatic carbocycles. The largest absolute Gasteiger partial charge is 0.347 e. The van der Waals surface area contributed by atoms with Gasteiger partial charge in [-0.25, -0.2) is 5.43 Å². The first-order chi connectivity index (χ1) is 11.6. The summed E-state index contributed by atoms with van der Waals surface area (Å²) in [5.41, 5.74) is 6.36. The highest BCUT2D eigenvalue weighted by Crippen LogP contribution is 2.32. The summed E-state index contributed by atoms with van der Waals surface area (Å²) < 4.78 is 10.9. The van der Waals surface area contributed by atoms with Crippen LogP contribution in [-0.4, -0.2) is 31.1 Å². The summed E-state index contributed by atoms with van der Waals surface area (Å²) in [5, 5.41) is 6.64. The molecule has 4 rings (SSSR count). The van der Waals surface area contributed by atoms with Gasteiger partial charge < -0.3 is 9.47 Å². The fourth-order valence-electron chi connectivity index (χ4n) is 3.55. The van der Waals surface area contributed by atoms with Crippen molar-refractivity contribution in [3.8, 4) is 0 Å². The highest BCUT2D eigenvalue weighted by molar-refractivity contribution is 6.03. The quantitative estimate of drug-likeness (QED) is 0.694. The van der Waals surface area contributed by atoms with E-state index in [1.54, 1.807) is 13.1 Å². The van der Waals surface area contributed by atoms with Gasteiger partial charge in [0, 0.05) is 5.56 Å². The molecule has 24 heavy (non-hydrogen) atoms. The van der Waals surface area contributed by atoms with Gasteiger partial charge in [-0.2, -0.15) is 5.10 Å². The molecule has 5 nitrogen and oxygen atoms in total. The van der Waals surface area contributed by atoms with Gasteiger partial charge in [-0.3, -0.25) is 4.79 Å². The Kier molecular flexibility index (Phi) is 3.82. The topological polar surface area (TPSA) is 59.9 Å². The minimum absolute atomic E-state index is 0.133. The molecule has 0 atom stereocenters. The highest BCUT2D eigenvalue weighted by Gasteiger charge is 2.33. The van der Waals surface area contributed by atoms with E-state index in [2.05, 4.69) is 40.9 Å². The zero-order valence-electron chi connectivity index (χ0n) is 13.7. The maximum atomic E-state index is 12.0. The van der Waals surface area contributed by atoms with Gasteiger partial charge in [0.25, 0.3) is 0 Å². The number of nitrogens with zero attached hydrogens (tertiary/aromatic N) is 1. The van der Waals surface area contributed by atoms with Gasteiger partial charge in [-0.1, -0.05) is 30.3 Å². The smallest absolute Gasteiger partial charge is 0.245 e. The fraction of sp³-hybridized carbons (Fsp3) is 0.368. The number of rotatable bonds is 4. The van der Waals surface area contributed by atoms with Crippen molar-refractivity contribution in [1.82, 2.24) is 5.43 Å². The molecule has 0 bridgehead atoms. The van der Waals surface area contributed by atoms with Crippen LogP contribution in [0.5, 0.6) is 0 Å². The molecule has 1 amide bonds. The molecule has 1 aliphatic carbocycles. The monoisotopic (exact) mass is 324 g/mol. The second-order valence-corrected chi connectivity index (χ2v) is 6.45. The van der Waals surface area contributed by atoms with Crippen molar-refractivity contribution >= 4 is 22.9 Å². The Morgan fingerprint density at radius 3 is 2.75 bits per heavy atom. The molecule has 1 aliphatic heterocycles. The van der Waals surface area contributed by atoms with Gasteiger partial charge >= 0.3 is 0 Å². The van der Waals surface area contributed by atoms with Crippen molar-refractivity contribution in [1.29, 1.82) is 0 Å². The van der Waals surface area contributed by atoms with E-state index in [-0.39, 0.29) is 12.3 Å². The maximum absolute atomic E-state index is 12.0. The van der Waals surface area contributed by atoms with Crippen LogP contribution in [0, 0.1) is 0 Å². The van der Waals surface area contributed by atoms with E-state index in [1.165, 1.54) is 21.9 Å². The minimum atomic E-state index is -0.832. The fourth-order valence-corrected chi connectivity index (χ4v) is 3.55. The summed E-state index contributed by atoms with van der Waals surface area (Å²) in [6, 6.07) is 10.6. The molecule has 1 N–H and O–H groups in total. The predicted octanol–water partition coefficient (Wildman–Crippen LogP) is 2.54. The average Bonchev–Trinajstić information content (AvgIpc) is 3.17. The van der Waals surface area contributed by atoms with Crippen molar-refractivity contribution in [3.05, 3.63) is 47.0 Å². The molecule has 0 unspecified atom stereocenters. The van der Waals surface area contributed by atoms with Crippen LogP contribution in [0.25, 0.3) is 10.8 Å². The van der Waals surface area contributed by atoms with Gasteiger partial charge in [-0.15, -0.1) is 0 Å². The second kappa shape index (κ2) is 6.00. The maximum Gasteiger partial charge on any atom is 0.245 e. The van der Waals surface area contributed by atoms with Crippen LogP contribution in [0.1, 0.15) is 30.0 Å². The number of hydrogen-bond acceptors (Lipinski definition) is 4. The van der Waals surface area contributed by atoms with Crippen LogP contribution < -0.4 is 5.43 Å². The van der Waals surface area contributed by atoms with Gasteiger partial charge in [0.1, 0.15) is 0 Å². The van der Waals surface area contributed by atoms with Crippen molar-refractivity contribution in [2.45, 2.75) is 32.0 Å². The standard InChI is InChI=1S/C19H20N2O3/c1-19(23-9-10-24-19)11-17(22)21-20-12-15-8-7-14-6-5-13-3-2-4-16(15)18(13)14/h2-4,7-8,12H,5-6,9-11H2,1H3,(H,21,22)/b20-12-. The summed E-state index contributed by atoms with van der Waals surface area (Å²) >= 11 is 0. The van der Waals surface area contributed by atoms with Crippen LogP contribution in [0.15, 0.2) is 35.4 Å². The summed E-state index contributed by atoms with van der Waals surface area (Å²) in [6.07, 6.45) is 4.04. The summed E-state index contributed by atoms with van der Waals surface area (Å²) in [6.45, 7) is 2.81. The number of nitrogens with one attached hydrogen (secondary N) is 1. The van der Waals surface area contributed by atoms with Crippen LogP contribution in [0.2, 0.25) is 0 Å². The Bertz CT molecular complexity index is 812. The molecule has 124 valence electrons. The van der Waals surface area contributed by atoms with E-state index < -0.39 is 5.79 Å². The van der Waals surface area contributed by atoms with Crippen molar-refractivity contribution in [3.63, 3.8) is 0 Å². The highest BCUT2D eigenvalue weighted by atomic mass is 16.7. The molecule has 5 heteroatoms. The molecule has 2 aromatic rings. The molecule has 1 fully saturated rings. The third kappa shape index (κ3) is 2.81. The normalized spacial score (nSPS) is 18.5. The van der Waals surface area contributed by atoms with E-state index in [0.29, 0.717) is 13.2 Å². The zero-order chi connectivity index (χ0) is 16.6. The van der Waals surface area contributed by atoms with Gasteiger partial charge in [-0.05, 0) is 41.7 Å². The number of hydrazone groups is 1. The molecule has 0 saturated carbocycles. The molecular formula is C19H20N2O3. The number of ether oxygens (including phenoxy) is 2. The predicted molar refractivity (Wildman–Crippen MR) is 92.0 cm³/mol. The second-order valence-electron chi connectivity index (χ2n) is 6.45. The lowest BCUT2D eigenvalue weighted by atomic mass is 10.0. The molecule has 0 radical (unpaired) electrons. The van der Waals surface area contributed by atoms with Crippen molar-refractivity contribution < 1.29 is 14.3 Å². The number of hydrogen-bond donors (Lipinski definition) is 1. The summed E-state index contributed by atoms with van der Waals surface area (Å²) in [5.74, 6) is -1.05. The summed E-state index contributed by atoms with van der Waals surface area (Å²) in [4.78, 5) is 12.0. The Hall–Kier alpha value is -2.24. The Labute approximate surface area is 140 Å². The zero-order valence-corrected chi connectivity index (χ0v) is 13.7. The van der Waals surface area contributed by atoms with Gasteiger partial charge in [0.2, 0.25) is 5.91 Å². The molecule has 2 aliphatic rings. The lowest BCUT2D eigenvalue weighted by molar-refractivity contribution is -0.159. The number of aryl methyl sites for hydroxylation is 2. The molecule has 1 saturated heterocycles. The Balaban J connectivity index is 1.49. The first kappa shape index (κ1) is 15.3. The van der Waals surface area contributed by atoms with E-state index in [1.807, 2.05) is 0 Å². The van der Waals surface area contributed by atoms with E-state index in [9.17, 15) is 4.79 Å². The van der Waals surface area contributed by atoms with Gasteiger partial charge in [0.15, 0.2) is 5.79 Å². The van der Waals surface area contributed by atoms with E-state index in [4.69, 9.17) is 9.47 Å². The molecule has 0 spiro atoms. The van der Waals surface area contributed by atoms with Crippen molar-refractivity contribution in [2.24, 2.45) is 5.10 Å². The van der Waals surface area contributed by atoms with E-state index in [0.717, 1.165) is 18.4 Å². The average molecular weight is 324 g/mol. The van der Waals surface area contributed by atoms with Crippen LogP contribution >= 0.6 is 0 Å². The van der Waals surface area contributed by atoms with E-state index >= 15 is 0 Å². The minimum Gasteiger partial charge on any atom is -0.347 e. The number of amides is 1. The van der Waals surface area contributed by atoms with Gasteiger partial charge in [0.05, 0.1) is 25.8 Å². The Morgan fingerprint density at radius 2 is 1.96 bits per heavy atom. The molecular weight excluding hydrogens is 304 g/mol. The Morgan fingerprint density at radius 1 is 1.21 bits per heavy atom. The first-order valence-electron chi connectivity index (χ1n) is 8.28. The van der Waals surface area contributed by atoms with Crippen LogP contribution in [-0.2, 0) is 27.1 Å². The van der Waals surface area contributed by atoms with Crippen LogP contribution in [0.4, 0.5) is 0 Å².